The summed E-state index contributed by atoms with van der Waals surface area (Å²) in [7, 11) is 0. The van der Waals surface area contributed by atoms with E-state index in [1.807, 2.05) is 24.3 Å². The molecule has 0 bridgehead atoms. The highest BCUT2D eigenvalue weighted by Crippen LogP contribution is 2.21. The van der Waals surface area contributed by atoms with Gasteiger partial charge in [-0.3, -0.25) is 0 Å². The summed E-state index contributed by atoms with van der Waals surface area (Å²) in [5.41, 5.74) is 1.88. The van der Waals surface area contributed by atoms with Crippen LogP contribution in [0.3, 0.4) is 0 Å². The van der Waals surface area contributed by atoms with Crippen molar-refractivity contribution in [2.45, 2.75) is 78.1 Å². The molecule has 154 valence electrons. The van der Waals surface area contributed by atoms with Crippen LogP contribution in [-0.2, 0) is 0 Å². The van der Waals surface area contributed by atoms with E-state index in [9.17, 15) is 0 Å². The lowest BCUT2D eigenvalue weighted by Crippen LogP contribution is -2.00. The molecule has 2 aromatic rings. The minimum atomic E-state index is 0.599. The molecular formula is C24H36N2O2. The molecule has 0 atom stereocenters. The summed E-state index contributed by atoms with van der Waals surface area (Å²) in [4.78, 5) is 8.86. The van der Waals surface area contributed by atoms with E-state index in [1.165, 1.54) is 51.4 Å². The standard InChI is InChI=1S/C24H36N2O2/c1-3-5-7-9-11-17-27-22-15-13-21(14-16-22)23-19-26-24(20-25-23)28-18-12-10-8-6-4-2/h13-16,19-20H,3-12,17-18H2,1-2H3. The quantitative estimate of drug-likeness (QED) is 0.315. The number of benzene rings is 1. The van der Waals surface area contributed by atoms with E-state index in [-0.39, 0.29) is 0 Å². The van der Waals surface area contributed by atoms with Crippen LogP contribution in [0, 0.1) is 0 Å². The highest BCUT2D eigenvalue weighted by Gasteiger charge is 2.03. The van der Waals surface area contributed by atoms with Gasteiger partial charge in [-0.05, 0) is 37.1 Å². The van der Waals surface area contributed by atoms with Gasteiger partial charge in [0.1, 0.15) is 5.75 Å². The van der Waals surface area contributed by atoms with Crippen molar-refractivity contribution >= 4 is 0 Å². The second-order valence-electron chi connectivity index (χ2n) is 7.29. The maximum Gasteiger partial charge on any atom is 0.232 e. The molecule has 2 rings (SSSR count). The molecule has 0 aliphatic heterocycles. The maximum absolute atomic E-state index is 5.82. The van der Waals surface area contributed by atoms with Crippen LogP contribution >= 0.6 is 0 Å². The van der Waals surface area contributed by atoms with Crippen LogP contribution < -0.4 is 9.47 Å². The van der Waals surface area contributed by atoms with E-state index in [0.717, 1.165) is 36.5 Å². The smallest absolute Gasteiger partial charge is 0.232 e. The molecule has 0 saturated carbocycles. The van der Waals surface area contributed by atoms with E-state index in [4.69, 9.17) is 9.47 Å². The largest absolute Gasteiger partial charge is 0.494 e. The highest BCUT2D eigenvalue weighted by molar-refractivity contribution is 5.59. The molecular weight excluding hydrogens is 348 g/mol. The average Bonchev–Trinajstić information content (AvgIpc) is 2.74. The Balaban J connectivity index is 1.71. The molecule has 1 aromatic carbocycles. The molecule has 0 aliphatic carbocycles. The molecule has 0 saturated heterocycles. The summed E-state index contributed by atoms with van der Waals surface area (Å²) in [6, 6.07) is 8.07. The Morgan fingerprint density at radius 2 is 1.25 bits per heavy atom. The zero-order chi connectivity index (χ0) is 19.9. The van der Waals surface area contributed by atoms with E-state index in [2.05, 4.69) is 23.8 Å². The first-order valence-corrected chi connectivity index (χ1v) is 11.0. The minimum Gasteiger partial charge on any atom is -0.494 e. The molecule has 28 heavy (non-hydrogen) atoms. The summed E-state index contributed by atoms with van der Waals surface area (Å²) in [5, 5.41) is 0. The van der Waals surface area contributed by atoms with Crippen LogP contribution in [0.5, 0.6) is 11.6 Å². The van der Waals surface area contributed by atoms with Gasteiger partial charge in [-0.1, -0.05) is 65.2 Å². The van der Waals surface area contributed by atoms with Gasteiger partial charge in [0, 0.05) is 5.56 Å². The zero-order valence-corrected chi connectivity index (χ0v) is 17.7. The van der Waals surface area contributed by atoms with E-state index in [0.29, 0.717) is 12.5 Å². The second-order valence-corrected chi connectivity index (χ2v) is 7.29. The number of hydrogen-bond acceptors (Lipinski definition) is 4. The summed E-state index contributed by atoms with van der Waals surface area (Å²) in [5.74, 6) is 1.51. The Morgan fingerprint density at radius 1 is 0.643 bits per heavy atom. The molecule has 0 unspecified atom stereocenters. The molecule has 0 aliphatic rings. The van der Waals surface area contributed by atoms with Gasteiger partial charge in [0.05, 0.1) is 31.3 Å². The van der Waals surface area contributed by atoms with Crippen LogP contribution in [-0.4, -0.2) is 23.2 Å². The van der Waals surface area contributed by atoms with Crippen LogP contribution in [0.15, 0.2) is 36.7 Å². The van der Waals surface area contributed by atoms with Crippen molar-refractivity contribution in [3.05, 3.63) is 36.7 Å². The second kappa shape index (κ2) is 14.0. The van der Waals surface area contributed by atoms with Crippen molar-refractivity contribution in [3.8, 4) is 22.9 Å². The number of nitrogens with zero attached hydrogens (tertiary/aromatic N) is 2. The summed E-state index contributed by atoms with van der Waals surface area (Å²) < 4.78 is 11.5. The van der Waals surface area contributed by atoms with Crippen LogP contribution in [0.1, 0.15) is 78.1 Å². The van der Waals surface area contributed by atoms with Gasteiger partial charge in [-0.25, -0.2) is 9.97 Å². The third-order valence-electron chi connectivity index (χ3n) is 4.79. The number of hydrogen-bond donors (Lipinski definition) is 0. The van der Waals surface area contributed by atoms with Crippen molar-refractivity contribution in [2.75, 3.05) is 13.2 Å². The van der Waals surface area contributed by atoms with Crippen molar-refractivity contribution in [2.24, 2.45) is 0 Å². The van der Waals surface area contributed by atoms with Gasteiger partial charge in [0.25, 0.3) is 0 Å². The number of rotatable bonds is 15. The van der Waals surface area contributed by atoms with Gasteiger partial charge < -0.3 is 9.47 Å². The molecule has 1 heterocycles. The normalized spacial score (nSPS) is 10.8. The fraction of sp³-hybridized carbons (Fsp3) is 0.583. The van der Waals surface area contributed by atoms with E-state index < -0.39 is 0 Å². The highest BCUT2D eigenvalue weighted by atomic mass is 16.5. The average molecular weight is 385 g/mol. The van der Waals surface area contributed by atoms with Crippen molar-refractivity contribution in [1.82, 2.24) is 9.97 Å². The molecule has 0 N–H and O–H groups in total. The fourth-order valence-electron chi connectivity index (χ4n) is 3.04. The third kappa shape index (κ3) is 8.73. The monoisotopic (exact) mass is 384 g/mol. The SMILES string of the molecule is CCCCCCCOc1ccc(-c2cnc(OCCCCCCC)cn2)cc1. The van der Waals surface area contributed by atoms with Gasteiger partial charge in [-0.2, -0.15) is 0 Å². The Labute approximate surface area is 170 Å². The molecule has 0 fully saturated rings. The fourth-order valence-corrected chi connectivity index (χ4v) is 3.04. The van der Waals surface area contributed by atoms with Crippen molar-refractivity contribution < 1.29 is 9.47 Å². The van der Waals surface area contributed by atoms with E-state index in [1.54, 1.807) is 12.4 Å². The Hall–Kier alpha value is -2.10. The number of ether oxygens (including phenoxy) is 2. The maximum atomic E-state index is 5.82. The lowest BCUT2D eigenvalue weighted by Gasteiger charge is -2.08. The van der Waals surface area contributed by atoms with Gasteiger partial charge >= 0.3 is 0 Å². The lowest BCUT2D eigenvalue weighted by molar-refractivity contribution is 0.292. The Morgan fingerprint density at radius 3 is 1.82 bits per heavy atom. The van der Waals surface area contributed by atoms with Gasteiger partial charge in [-0.15, -0.1) is 0 Å². The predicted octanol–water partition coefficient (Wildman–Crippen LogP) is 6.84. The molecule has 4 nitrogen and oxygen atoms in total. The lowest BCUT2D eigenvalue weighted by atomic mass is 10.1. The molecule has 0 amide bonds. The molecule has 4 heteroatoms. The van der Waals surface area contributed by atoms with Crippen LogP contribution in [0.2, 0.25) is 0 Å². The zero-order valence-electron chi connectivity index (χ0n) is 17.7. The number of aromatic nitrogens is 2. The minimum absolute atomic E-state index is 0.599. The predicted molar refractivity (Wildman–Crippen MR) is 116 cm³/mol. The summed E-state index contributed by atoms with van der Waals surface area (Å²) in [6.45, 7) is 5.96. The molecule has 0 spiro atoms. The van der Waals surface area contributed by atoms with Gasteiger partial charge in [0.2, 0.25) is 5.88 Å². The van der Waals surface area contributed by atoms with Crippen molar-refractivity contribution in [1.29, 1.82) is 0 Å². The molecule has 1 aromatic heterocycles. The van der Waals surface area contributed by atoms with Crippen molar-refractivity contribution in [3.63, 3.8) is 0 Å². The summed E-state index contributed by atoms with van der Waals surface area (Å²) >= 11 is 0. The first kappa shape index (κ1) is 22.2. The van der Waals surface area contributed by atoms with Crippen LogP contribution in [0.25, 0.3) is 11.3 Å². The van der Waals surface area contributed by atoms with E-state index >= 15 is 0 Å². The Bertz CT molecular complexity index is 569. The third-order valence-corrected chi connectivity index (χ3v) is 4.79. The topological polar surface area (TPSA) is 44.2 Å². The first-order valence-electron chi connectivity index (χ1n) is 11.0. The Kier molecular flexibility index (Phi) is 11.1. The summed E-state index contributed by atoms with van der Waals surface area (Å²) in [6.07, 6.45) is 15.9. The number of unbranched alkanes of at least 4 members (excludes halogenated alkanes) is 8. The molecule has 0 radical (unpaired) electrons. The first-order chi connectivity index (χ1) is 13.8. The van der Waals surface area contributed by atoms with Gasteiger partial charge in [0.15, 0.2) is 0 Å². The van der Waals surface area contributed by atoms with Crippen LogP contribution in [0.4, 0.5) is 0 Å².